The second kappa shape index (κ2) is 5.14. The van der Waals surface area contributed by atoms with Crippen LogP contribution in [0.1, 0.15) is 38.8 Å². The van der Waals surface area contributed by atoms with Crippen molar-refractivity contribution in [3.8, 4) is 0 Å². The summed E-state index contributed by atoms with van der Waals surface area (Å²) in [4.78, 5) is 7.24. The number of halogens is 1. The summed E-state index contributed by atoms with van der Waals surface area (Å²) < 4.78 is 2.01. The van der Waals surface area contributed by atoms with Crippen LogP contribution in [0.5, 0.6) is 0 Å². The molecule has 0 bridgehead atoms. The molecule has 2 aromatic heterocycles. The molecule has 3 nitrogen and oxygen atoms in total. The van der Waals surface area contributed by atoms with Crippen LogP contribution in [0.15, 0.2) is 24.5 Å². The summed E-state index contributed by atoms with van der Waals surface area (Å²) in [5.41, 5.74) is 2.10. The van der Waals surface area contributed by atoms with Gasteiger partial charge in [0.2, 0.25) is 0 Å². The van der Waals surface area contributed by atoms with E-state index in [-0.39, 0.29) is 0 Å². The molecular formula is C15H20ClN3. The molecular weight excluding hydrogens is 258 g/mol. The van der Waals surface area contributed by atoms with E-state index in [0.29, 0.717) is 12.1 Å². The molecule has 0 aromatic carbocycles. The van der Waals surface area contributed by atoms with Crippen LogP contribution in [0.3, 0.4) is 0 Å². The van der Waals surface area contributed by atoms with Crippen LogP contribution in [-0.4, -0.2) is 26.4 Å². The van der Waals surface area contributed by atoms with E-state index < -0.39 is 0 Å². The number of hydrogen-bond donors (Lipinski definition) is 0. The summed E-state index contributed by atoms with van der Waals surface area (Å²) in [6.45, 7) is 5.58. The lowest BCUT2D eigenvalue weighted by atomic mass is 9.97. The van der Waals surface area contributed by atoms with E-state index in [2.05, 4.69) is 29.9 Å². The van der Waals surface area contributed by atoms with E-state index in [1.165, 1.54) is 19.3 Å². The molecule has 4 heteroatoms. The fraction of sp³-hybridized carbons (Fsp3) is 0.533. The maximum atomic E-state index is 6.01. The first-order valence-corrected chi connectivity index (χ1v) is 7.40. The van der Waals surface area contributed by atoms with Gasteiger partial charge in [-0.15, -0.1) is 0 Å². The van der Waals surface area contributed by atoms with Gasteiger partial charge in [0.05, 0.1) is 10.7 Å². The van der Waals surface area contributed by atoms with Crippen molar-refractivity contribution in [1.82, 2.24) is 14.3 Å². The van der Waals surface area contributed by atoms with Crippen LogP contribution in [-0.2, 0) is 6.54 Å². The first-order valence-electron chi connectivity index (χ1n) is 7.02. The summed E-state index contributed by atoms with van der Waals surface area (Å²) in [7, 11) is 0. The van der Waals surface area contributed by atoms with E-state index >= 15 is 0 Å². The standard InChI is InChI=1S/C15H20ClN3/c1-11-4-3-5-12(2)19(11)10-14-9-18-8-13(16)6-7-15(18)17-14/h6-9,11-12H,3-5,10H2,1-2H3/t11-,12-/m0/s1. The molecule has 0 unspecified atom stereocenters. The quantitative estimate of drug-likeness (QED) is 0.833. The zero-order valence-corrected chi connectivity index (χ0v) is 12.3. The topological polar surface area (TPSA) is 20.5 Å². The van der Waals surface area contributed by atoms with E-state index in [1.807, 2.05) is 22.7 Å². The first-order chi connectivity index (χ1) is 9.13. The Morgan fingerprint density at radius 1 is 1.21 bits per heavy atom. The summed E-state index contributed by atoms with van der Waals surface area (Å²) in [5, 5.41) is 0.746. The van der Waals surface area contributed by atoms with Crippen molar-refractivity contribution in [2.75, 3.05) is 0 Å². The molecule has 3 heterocycles. The Morgan fingerprint density at radius 3 is 2.68 bits per heavy atom. The Hall–Kier alpha value is -1.06. The number of nitrogens with zero attached hydrogens (tertiary/aromatic N) is 3. The minimum absolute atomic E-state index is 0.650. The minimum Gasteiger partial charge on any atom is -0.305 e. The van der Waals surface area contributed by atoms with Crippen LogP contribution in [0.25, 0.3) is 5.65 Å². The Balaban J connectivity index is 1.84. The molecule has 2 aromatic rings. The van der Waals surface area contributed by atoms with Crippen LogP contribution in [0.2, 0.25) is 5.02 Å². The maximum absolute atomic E-state index is 6.01. The van der Waals surface area contributed by atoms with Gasteiger partial charge in [0.15, 0.2) is 0 Å². The predicted octanol–water partition coefficient (Wildman–Crippen LogP) is 3.75. The van der Waals surface area contributed by atoms with E-state index in [0.717, 1.165) is 22.9 Å². The first kappa shape index (κ1) is 12.9. The second-order valence-corrected chi connectivity index (χ2v) is 6.08. The minimum atomic E-state index is 0.650. The lowest BCUT2D eigenvalue weighted by molar-refractivity contribution is 0.0940. The Kier molecular flexibility index (Phi) is 3.50. The molecule has 0 aliphatic carbocycles. The third-order valence-electron chi connectivity index (χ3n) is 4.19. The lowest BCUT2D eigenvalue weighted by Crippen LogP contribution is -2.43. The number of aromatic nitrogens is 2. The van der Waals surface area contributed by atoms with Crippen molar-refractivity contribution in [3.63, 3.8) is 0 Å². The molecule has 0 spiro atoms. The zero-order valence-electron chi connectivity index (χ0n) is 11.5. The van der Waals surface area contributed by atoms with Gasteiger partial charge < -0.3 is 4.40 Å². The number of fused-ring (bicyclic) bond motifs is 1. The van der Waals surface area contributed by atoms with E-state index in [1.54, 1.807) is 0 Å². The Morgan fingerprint density at radius 2 is 1.95 bits per heavy atom. The summed E-state index contributed by atoms with van der Waals surface area (Å²) >= 11 is 6.01. The highest BCUT2D eigenvalue weighted by Gasteiger charge is 2.25. The lowest BCUT2D eigenvalue weighted by Gasteiger charge is -2.38. The van der Waals surface area contributed by atoms with Gasteiger partial charge >= 0.3 is 0 Å². The number of piperidine rings is 1. The zero-order chi connectivity index (χ0) is 13.4. The van der Waals surface area contributed by atoms with Crippen LogP contribution < -0.4 is 0 Å². The van der Waals surface area contributed by atoms with Crippen molar-refractivity contribution in [2.24, 2.45) is 0 Å². The molecule has 3 rings (SSSR count). The molecule has 0 saturated carbocycles. The van der Waals surface area contributed by atoms with Gasteiger partial charge in [-0.3, -0.25) is 4.90 Å². The van der Waals surface area contributed by atoms with Gasteiger partial charge in [-0.25, -0.2) is 4.98 Å². The highest BCUT2D eigenvalue weighted by molar-refractivity contribution is 6.30. The van der Waals surface area contributed by atoms with Crippen LogP contribution >= 0.6 is 11.6 Å². The number of pyridine rings is 1. The van der Waals surface area contributed by atoms with Crippen molar-refractivity contribution in [2.45, 2.75) is 51.7 Å². The van der Waals surface area contributed by atoms with Gasteiger partial charge in [-0.05, 0) is 38.8 Å². The highest BCUT2D eigenvalue weighted by Crippen LogP contribution is 2.24. The largest absolute Gasteiger partial charge is 0.305 e. The number of imidazole rings is 1. The van der Waals surface area contributed by atoms with E-state index in [4.69, 9.17) is 11.6 Å². The number of hydrogen-bond acceptors (Lipinski definition) is 2. The highest BCUT2D eigenvalue weighted by atomic mass is 35.5. The predicted molar refractivity (Wildman–Crippen MR) is 78.5 cm³/mol. The van der Waals surface area contributed by atoms with Gasteiger partial charge in [0.25, 0.3) is 0 Å². The van der Waals surface area contributed by atoms with Gasteiger partial charge in [-0.1, -0.05) is 18.0 Å². The molecule has 0 N–H and O–H groups in total. The average molecular weight is 278 g/mol. The monoisotopic (exact) mass is 277 g/mol. The normalized spacial score (nSPS) is 25.0. The third-order valence-corrected chi connectivity index (χ3v) is 4.41. The summed E-state index contributed by atoms with van der Waals surface area (Å²) in [5.74, 6) is 0. The van der Waals surface area contributed by atoms with Gasteiger partial charge in [0, 0.05) is 31.0 Å². The van der Waals surface area contributed by atoms with Gasteiger partial charge in [0.1, 0.15) is 5.65 Å². The third kappa shape index (κ3) is 2.63. The van der Waals surface area contributed by atoms with Crippen LogP contribution in [0.4, 0.5) is 0 Å². The fourth-order valence-electron chi connectivity index (χ4n) is 3.07. The second-order valence-electron chi connectivity index (χ2n) is 5.65. The summed E-state index contributed by atoms with van der Waals surface area (Å²) in [6, 6.07) is 5.16. The van der Waals surface area contributed by atoms with Crippen LogP contribution in [0, 0.1) is 0 Å². The number of likely N-dealkylation sites (tertiary alicyclic amines) is 1. The number of rotatable bonds is 2. The van der Waals surface area contributed by atoms with Crippen molar-refractivity contribution in [3.05, 3.63) is 35.2 Å². The molecule has 102 valence electrons. The molecule has 2 atom stereocenters. The Labute approximate surface area is 119 Å². The molecule has 1 aliphatic rings. The maximum Gasteiger partial charge on any atom is 0.137 e. The van der Waals surface area contributed by atoms with Crippen molar-refractivity contribution in [1.29, 1.82) is 0 Å². The SMILES string of the molecule is C[C@H]1CCC[C@H](C)N1Cc1cn2cc(Cl)ccc2n1. The molecule has 1 saturated heterocycles. The van der Waals surface area contributed by atoms with E-state index in [9.17, 15) is 0 Å². The smallest absolute Gasteiger partial charge is 0.137 e. The molecule has 0 amide bonds. The van der Waals surface area contributed by atoms with Crippen molar-refractivity contribution < 1.29 is 0 Å². The fourth-order valence-corrected chi connectivity index (χ4v) is 3.23. The Bertz CT molecular complexity index is 568. The molecule has 1 fully saturated rings. The average Bonchev–Trinajstić information content (AvgIpc) is 2.75. The summed E-state index contributed by atoms with van der Waals surface area (Å²) in [6.07, 6.45) is 7.94. The van der Waals surface area contributed by atoms with Crippen molar-refractivity contribution >= 4 is 17.2 Å². The molecule has 0 radical (unpaired) electrons. The van der Waals surface area contributed by atoms with Gasteiger partial charge in [-0.2, -0.15) is 0 Å². The molecule has 1 aliphatic heterocycles. The molecule has 19 heavy (non-hydrogen) atoms.